The number of fused-ring (bicyclic) bond motifs is 1. The molecular weight excluding hydrogens is 436 g/mol. The van der Waals surface area contributed by atoms with Gasteiger partial charge in [-0.25, -0.2) is 4.98 Å². The molecule has 0 unspecified atom stereocenters. The number of nitrogens with one attached hydrogen (secondary N) is 1. The monoisotopic (exact) mass is 444 g/mol. The van der Waals surface area contributed by atoms with Gasteiger partial charge in [0.05, 0.1) is 24.4 Å². The fourth-order valence-corrected chi connectivity index (χ4v) is 5.53. The lowest BCUT2D eigenvalue weighted by Crippen LogP contribution is -2.01. The van der Waals surface area contributed by atoms with Crippen molar-refractivity contribution >= 4 is 71.8 Å². The lowest BCUT2D eigenvalue weighted by Gasteiger charge is -1.97. The minimum atomic E-state index is 0.0884. The van der Waals surface area contributed by atoms with Crippen LogP contribution in [-0.2, 0) is 0 Å². The Morgan fingerprint density at radius 2 is 2.19 bits per heavy atom. The number of Topliss-reactive ketones (excluding diaryl/α,β-unsaturated/α-hetero) is 1. The predicted molar refractivity (Wildman–Crippen MR) is 95.6 cm³/mol. The summed E-state index contributed by atoms with van der Waals surface area (Å²) in [7, 11) is 0. The summed E-state index contributed by atoms with van der Waals surface area (Å²) in [6, 6.07) is 7.92. The number of carbonyl (C=O) groups excluding carboxylic acids is 1. The van der Waals surface area contributed by atoms with Crippen LogP contribution in [0.1, 0.15) is 15.9 Å². The number of carbonyl (C=O) groups is 1. The molecule has 3 nitrogen and oxygen atoms in total. The molecule has 3 aromatic rings. The number of halogens is 2. The second kappa shape index (κ2) is 6.24. The van der Waals surface area contributed by atoms with Gasteiger partial charge in [0.2, 0.25) is 0 Å². The van der Waals surface area contributed by atoms with Crippen molar-refractivity contribution in [3.63, 3.8) is 0 Å². The van der Waals surface area contributed by atoms with E-state index in [1.165, 1.54) is 28.7 Å². The number of benzene rings is 1. The van der Waals surface area contributed by atoms with Crippen LogP contribution in [0.15, 0.2) is 37.0 Å². The van der Waals surface area contributed by atoms with Crippen LogP contribution in [0, 0.1) is 6.92 Å². The Morgan fingerprint density at radius 1 is 1.38 bits per heavy atom. The van der Waals surface area contributed by atoms with E-state index in [1.54, 1.807) is 0 Å². The van der Waals surface area contributed by atoms with E-state index in [0.717, 1.165) is 23.8 Å². The summed E-state index contributed by atoms with van der Waals surface area (Å²) in [5, 5.41) is 0.773. The molecule has 0 spiro atoms. The second-order valence-electron chi connectivity index (χ2n) is 4.51. The van der Waals surface area contributed by atoms with Gasteiger partial charge in [-0.15, -0.1) is 11.3 Å². The van der Waals surface area contributed by atoms with Crippen molar-refractivity contribution in [1.29, 1.82) is 0 Å². The Hall–Kier alpha value is -0.630. The number of hydrogen-bond acceptors (Lipinski definition) is 4. The number of hydrogen-bond donors (Lipinski definition) is 1. The van der Waals surface area contributed by atoms with E-state index >= 15 is 0 Å². The molecule has 0 bridgehead atoms. The van der Waals surface area contributed by atoms with Gasteiger partial charge in [-0.05, 0) is 62.5 Å². The highest BCUT2D eigenvalue weighted by atomic mass is 79.9. The van der Waals surface area contributed by atoms with Gasteiger partial charge in [-0.2, -0.15) is 0 Å². The van der Waals surface area contributed by atoms with Crippen LogP contribution in [0.4, 0.5) is 0 Å². The van der Waals surface area contributed by atoms with E-state index < -0.39 is 0 Å². The van der Waals surface area contributed by atoms with Crippen LogP contribution in [0.3, 0.4) is 0 Å². The summed E-state index contributed by atoms with van der Waals surface area (Å²) in [6.07, 6.45) is 0. The maximum atomic E-state index is 12.2. The van der Waals surface area contributed by atoms with Crippen molar-refractivity contribution in [2.45, 2.75) is 12.1 Å². The van der Waals surface area contributed by atoms with Crippen LogP contribution in [0.5, 0.6) is 0 Å². The van der Waals surface area contributed by atoms with E-state index in [0.29, 0.717) is 11.3 Å². The van der Waals surface area contributed by atoms with Gasteiger partial charge in [0.25, 0.3) is 0 Å². The molecule has 0 saturated heterocycles. The van der Waals surface area contributed by atoms with Crippen molar-refractivity contribution in [2.24, 2.45) is 0 Å². The van der Waals surface area contributed by atoms with Gasteiger partial charge in [-0.1, -0.05) is 17.8 Å². The first-order valence-electron chi connectivity index (χ1n) is 6.10. The first kappa shape index (κ1) is 15.3. The smallest absolute Gasteiger partial charge is 0.175 e. The average Bonchev–Trinajstić information content (AvgIpc) is 2.98. The standard InChI is InChI=1S/C14H10Br2N2OS2/c1-7-2-3-9-10(4-7)18-14(17-9)20-6-11(19)8-5-12(15)21-13(8)16/h2-5H,6H2,1H3,(H,17,18). The number of nitrogens with zero attached hydrogens (tertiary/aromatic N) is 1. The highest BCUT2D eigenvalue weighted by Crippen LogP contribution is 2.33. The topological polar surface area (TPSA) is 45.8 Å². The molecule has 0 fully saturated rings. The molecule has 0 aliphatic rings. The molecule has 21 heavy (non-hydrogen) atoms. The third-order valence-electron chi connectivity index (χ3n) is 2.91. The molecule has 108 valence electrons. The predicted octanol–water partition coefficient (Wildman–Crippen LogP) is 5.43. The summed E-state index contributed by atoms with van der Waals surface area (Å²) in [5.74, 6) is 0.450. The number of aryl methyl sites for hydroxylation is 1. The second-order valence-corrected chi connectivity index (χ2v) is 9.23. The Bertz CT molecular complexity index is 826. The summed E-state index contributed by atoms with van der Waals surface area (Å²) < 4.78 is 1.81. The molecule has 0 aliphatic heterocycles. The summed E-state index contributed by atoms with van der Waals surface area (Å²) in [4.78, 5) is 19.9. The first-order valence-corrected chi connectivity index (χ1v) is 9.49. The molecule has 0 amide bonds. The van der Waals surface area contributed by atoms with Crippen molar-refractivity contribution in [1.82, 2.24) is 9.97 Å². The number of aromatic amines is 1. The lowest BCUT2D eigenvalue weighted by molar-refractivity contribution is 0.102. The number of rotatable bonds is 4. The van der Waals surface area contributed by atoms with Gasteiger partial charge >= 0.3 is 0 Å². The zero-order valence-corrected chi connectivity index (χ0v) is 15.7. The molecule has 0 radical (unpaired) electrons. The zero-order chi connectivity index (χ0) is 15.0. The van der Waals surface area contributed by atoms with Gasteiger partial charge in [-0.3, -0.25) is 4.79 Å². The van der Waals surface area contributed by atoms with Crippen LogP contribution < -0.4 is 0 Å². The maximum Gasteiger partial charge on any atom is 0.175 e. The van der Waals surface area contributed by atoms with Crippen LogP contribution in [0.2, 0.25) is 0 Å². The van der Waals surface area contributed by atoms with Gasteiger partial charge in [0.15, 0.2) is 10.9 Å². The number of ketones is 1. The van der Waals surface area contributed by atoms with Crippen LogP contribution in [-0.4, -0.2) is 21.5 Å². The first-order chi connectivity index (χ1) is 10.0. The SMILES string of the molecule is Cc1ccc2nc(SCC(=O)c3cc(Br)sc3Br)[nH]c2c1. The highest BCUT2D eigenvalue weighted by molar-refractivity contribution is 9.12. The number of imidazole rings is 1. The van der Waals surface area contributed by atoms with Crippen LogP contribution >= 0.6 is 55.0 Å². The Balaban J connectivity index is 1.74. The summed E-state index contributed by atoms with van der Waals surface area (Å²) in [5.41, 5.74) is 3.83. The molecule has 0 saturated carbocycles. The Kier molecular flexibility index (Phi) is 4.54. The molecular formula is C14H10Br2N2OS2. The molecule has 1 aromatic carbocycles. The quantitative estimate of drug-likeness (QED) is 0.430. The molecule has 7 heteroatoms. The molecule has 0 atom stereocenters. The average molecular weight is 446 g/mol. The minimum Gasteiger partial charge on any atom is -0.333 e. The van der Waals surface area contributed by atoms with Crippen molar-refractivity contribution < 1.29 is 4.79 Å². The minimum absolute atomic E-state index is 0.0884. The van der Waals surface area contributed by atoms with E-state index in [1.807, 2.05) is 25.1 Å². The number of H-pyrrole nitrogens is 1. The molecule has 2 aromatic heterocycles. The lowest BCUT2D eigenvalue weighted by atomic mass is 10.2. The molecule has 0 aliphatic carbocycles. The summed E-state index contributed by atoms with van der Waals surface area (Å²) in [6.45, 7) is 2.04. The molecule has 1 N–H and O–H groups in total. The van der Waals surface area contributed by atoms with Crippen molar-refractivity contribution in [2.75, 3.05) is 5.75 Å². The third-order valence-corrected chi connectivity index (χ3v) is 6.13. The van der Waals surface area contributed by atoms with Crippen molar-refractivity contribution in [3.05, 3.63) is 43.0 Å². The van der Waals surface area contributed by atoms with Crippen molar-refractivity contribution in [3.8, 4) is 0 Å². The largest absolute Gasteiger partial charge is 0.333 e. The number of thiophene rings is 1. The third kappa shape index (κ3) is 3.41. The highest BCUT2D eigenvalue weighted by Gasteiger charge is 2.15. The normalized spacial score (nSPS) is 11.2. The zero-order valence-electron chi connectivity index (χ0n) is 10.9. The van der Waals surface area contributed by atoms with Gasteiger partial charge in [0.1, 0.15) is 0 Å². The molecule has 2 heterocycles. The van der Waals surface area contributed by atoms with E-state index in [2.05, 4.69) is 47.9 Å². The Morgan fingerprint density at radius 3 is 2.90 bits per heavy atom. The van der Waals surface area contributed by atoms with Gasteiger partial charge < -0.3 is 4.98 Å². The van der Waals surface area contributed by atoms with E-state index in [4.69, 9.17) is 0 Å². The maximum absolute atomic E-state index is 12.2. The Labute approximate surface area is 146 Å². The number of thioether (sulfide) groups is 1. The fourth-order valence-electron chi connectivity index (χ4n) is 1.91. The van der Waals surface area contributed by atoms with E-state index in [9.17, 15) is 4.79 Å². The van der Waals surface area contributed by atoms with Gasteiger partial charge in [0, 0.05) is 5.56 Å². The fraction of sp³-hybridized carbons (Fsp3) is 0.143. The number of aromatic nitrogens is 2. The van der Waals surface area contributed by atoms with E-state index in [-0.39, 0.29) is 5.78 Å². The molecule has 3 rings (SSSR count). The van der Waals surface area contributed by atoms with Crippen LogP contribution in [0.25, 0.3) is 11.0 Å². The summed E-state index contributed by atoms with van der Waals surface area (Å²) >= 11 is 9.73.